The van der Waals surface area contributed by atoms with Crippen molar-refractivity contribution in [2.24, 2.45) is 0 Å². The maximum Gasteiger partial charge on any atom is 0.255 e. The van der Waals surface area contributed by atoms with Crippen LogP contribution in [-0.2, 0) is 0 Å². The number of nitrogens with one attached hydrogen (secondary N) is 1. The van der Waals surface area contributed by atoms with Crippen molar-refractivity contribution < 1.29 is 18.7 Å². The second kappa shape index (κ2) is 12.0. The van der Waals surface area contributed by atoms with Gasteiger partial charge in [0, 0.05) is 38.3 Å². The predicted octanol–water partition coefficient (Wildman–Crippen LogP) is 4.42. The summed E-state index contributed by atoms with van der Waals surface area (Å²) in [4.78, 5) is 31.1. The molecule has 8 heteroatoms. The van der Waals surface area contributed by atoms with Gasteiger partial charge < -0.3 is 24.1 Å². The van der Waals surface area contributed by atoms with Gasteiger partial charge in [-0.1, -0.05) is 48.5 Å². The first kappa shape index (κ1) is 26.3. The van der Waals surface area contributed by atoms with E-state index in [1.165, 1.54) is 7.11 Å². The molecule has 3 aromatic carbocycles. The molecular weight excluding hydrogens is 494 g/mol. The van der Waals surface area contributed by atoms with Gasteiger partial charge >= 0.3 is 0 Å². The van der Waals surface area contributed by atoms with E-state index in [1.54, 1.807) is 25.3 Å². The SMILES string of the molecule is COc1ccccc1N1CCN(CCCNC(=O)c2cccc3c(=O)c(OC)c(-c4ccccc4)oc23)CC1. The van der Waals surface area contributed by atoms with E-state index in [1.807, 2.05) is 48.5 Å². The molecule has 1 aliphatic rings. The minimum absolute atomic E-state index is 0.122. The summed E-state index contributed by atoms with van der Waals surface area (Å²) in [6.45, 7) is 5.16. The molecule has 0 spiro atoms. The molecule has 1 saturated heterocycles. The van der Waals surface area contributed by atoms with Gasteiger partial charge in [-0.25, -0.2) is 0 Å². The lowest BCUT2D eigenvalue weighted by Gasteiger charge is -2.36. The second-order valence-corrected chi connectivity index (χ2v) is 9.45. The Hall–Kier alpha value is -4.30. The first-order valence-electron chi connectivity index (χ1n) is 13.2. The van der Waals surface area contributed by atoms with Gasteiger partial charge in [-0.2, -0.15) is 0 Å². The van der Waals surface area contributed by atoms with Gasteiger partial charge in [0.1, 0.15) is 5.75 Å². The van der Waals surface area contributed by atoms with Crippen LogP contribution in [0.1, 0.15) is 16.8 Å². The normalized spacial score (nSPS) is 13.8. The summed E-state index contributed by atoms with van der Waals surface area (Å²) in [7, 11) is 3.15. The number of anilines is 1. The molecule has 1 aliphatic heterocycles. The van der Waals surface area contributed by atoms with Crippen LogP contribution in [0.3, 0.4) is 0 Å². The van der Waals surface area contributed by atoms with Crippen LogP contribution in [0.2, 0.25) is 0 Å². The van der Waals surface area contributed by atoms with Gasteiger partial charge in [0.05, 0.1) is 30.9 Å². The zero-order chi connectivity index (χ0) is 27.2. The largest absolute Gasteiger partial charge is 0.495 e. The van der Waals surface area contributed by atoms with Crippen LogP contribution in [0.5, 0.6) is 11.5 Å². The number of para-hydroxylation sites is 3. The Kier molecular flexibility index (Phi) is 8.13. The Morgan fingerprint density at radius 3 is 2.38 bits per heavy atom. The van der Waals surface area contributed by atoms with E-state index in [4.69, 9.17) is 13.9 Å². The van der Waals surface area contributed by atoms with E-state index in [-0.39, 0.29) is 22.7 Å². The summed E-state index contributed by atoms with van der Waals surface area (Å²) in [5.41, 5.74) is 2.11. The number of ether oxygens (including phenoxy) is 2. The van der Waals surface area contributed by atoms with Crippen LogP contribution in [-0.4, -0.2) is 64.3 Å². The molecule has 1 amide bonds. The molecule has 39 heavy (non-hydrogen) atoms. The van der Waals surface area contributed by atoms with Gasteiger partial charge in [0.2, 0.25) is 11.2 Å². The van der Waals surface area contributed by atoms with Crippen LogP contribution < -0.4 is 25.1 Å². The van der Waals surface area contributed by atoms with Crippen molar-refractivity contribution >= 4 is 22.6 Å². The average molecular weight is 528 g/mol. The van der Waals surface area contributed by atoms with Gasteiger partial charge in [0.25, 0.3) is 5.91 Å². The molecule has 1 N–H and O–H groups in total. The van der Waals surface area contributed by atoms with E-state index in [0.717, 1.165) is 50.6 Å². The van der Waals surface area contributed by atoms with Crippen molar-refractivity contribution in [2.75, 3.05) is 58.4 Å². The monoisotopic (exact) mass is 527 g/mol. The third-order valence-corrected chi connectivity index (χ3v) is 7.10. The number of amides is 1. The third kappa shape index (κ3) is 5.61. The zero-order valence-corrected chi connectivity index (χ0v) is 22.3. The Balaban J connectivity index is 1.21. The second-order valence-electron chi connectivity index (χ2n) is 9.45. The number of hydrogen-bond donors (Lipinski definition) is 1. The van der Waals surface area contributed by atoms with E-state index < -0.39 is 0 Å². The van der Waals surface area contributed by atoms with E-state index in [0.29, 0.717) is 28.8 Å². The molecule has 1 fully saturated rings. The number of carbonyl (C=O) groups excluding carboxylic acids is 1. The number of rotatable bonds is 9. The first-order chi connectivity index (χ1) is 19.1. The first-order valence-corrected chi connectivity index (χ1v) is 13.2. The smallest absolute Gasteiger partial charge is 0.255 e. The Morgan fingerprint density at radius 1 is 0.897 bits per heavy atom. The number of benzene rings is 3. The molecular formula is C31H33N3O5. The van der Waals surface area contributed by atoms with Crippen LogP contribution in [0.4, 0.5) is 5.69 Å². The number of nitrogens with zero attached hydrogens (tertiary/aromatic N) is 2. The molecule has 0 unspecified atom stereocenters. The van der Waals surface area contributed by atoms with E-state index in [2.05, 4.69) is 21.2 Å². The summed E-state index contributed by atoms with van der Waals surface area (Å²) < 4.78 is 17.1. The number of fused-ring (bicyclic) bond motifs is 1. The zero-order valence-electron chi connectivity index (χ0n) is 22.3. The molecule has 0 bridgehead atoms. The maximum absolute atomic E-state index is 13.2. The predicted molar refractivity (Wildman–Crippen MR) is 153 cm³/mol. The fourth-order valence-corrected chi connectivity index (χ4v) is 5.05. The van der Waals surface area contributed by atoms with E-state index in [9.17, 15) is 9.59 Å². The van der Waals surface area contributed by atoms with Gasteiger partial charge in [-0.15, -0.1) is 0 Å². The highest BCUT2D eigenvalue weighted by Gasteiger charge is 2.22. The maximum atomic E-state index is 13.2. The molecule has 0 atom stereocenters. The fourth-order valence-electron chi connectivity index (χ4n) is 5.05. The van der Waals surface area contributed by atoms with E-state index >= 15 is 0 Å². The third-order valence-electron chi connectivity index (χ3n) is 7.10. The number of methoxy groups -OCH3 is 2. The molecule has 202 valence electrons. The number of hydrogen-bond acceptors (Lipinski definition) is 7. The molecule has 4 aromatic rings. The van der Waals surface area contributed by atoms with Crippen molar-refractivity contribution in [3.05, 3.63) is 88.6 Å². The molecule has 2 heterocycles. The molecule has 1 aromatic heterocycles. The van der Waals surface area contributed by atoms with Gasteiger partial charge in [-0.05, 0) is 37.2 Å². The van der Waals surface area contributed by atoms with Crippen LogP contribution >= 0.6 is 0 Å². The standard InChI is InChI=1S/C31H33N3O5/c1-37-26-15-7-6-14-25(26)34-20-18-33(19-21-34)17-9-16-32-31(36)24-13-8-12-23-27(35)30(38-2)28(39-29(23)24)22-10-4-3-5-11-22/h3-8,10-15H,9,16-21H2,1-2H3,(H,32,36). The van der Waals surface area contributed by atoms with Crippen molar-refractivity contribution in [3.8, 4) is 22.8 Å². The Labute approximate surface area is 227 Å². The fraction of sp³-hybridized carbons (Fsp3) is 0.290. The van der Waals surface area contributed by atoms with Gasteiger partial charge in [-0.3, -0.25) is 14.5 Å². The molecule has 0 aliphatic carbocycles. The van der Waals surface area contributed by atoms with Crippen LogP contribution in [0, 0.1) is 0 Å². The minimum Gasteiger partial charge on any atom is -0.495 e. The highest BCUT2D eigenvalue weighted by Crippen LogP contribution is 2.32. The lowest BCUT2D eigenvalue weighted by Crippen LogP contribution is -2.47. The van der Waals surface area contributed by atoms with Crippen molar-refractivity contribution in [3.63, 3.8) is 0 Å². The summed E-state index contributed by atoms with van der Waals surface area (Å²) >= 11 is 0. The highest BCUT2D eigenvalue weighted by atomic mass is 16.5. The molecule has 0 radical (unpaired) electrons. The summed E-state index contributed by atoms with van der Waals surface area (Å²) in [5.74, 6) is 1.06. The molecule has 0 saturated carbocycles. The number of carbonyl (C=O) groups is 1. The lowest BCUT2D eigenvalue weighted by molar-refractivity contribution is 0.0952. The van der Waals surface area contributed by atoms with Crippen LogP contribution in [0.15, 0.2) is 82.0 Å². The molecule has 8 nitrogen and oxygen atoms in total. The van der Waals surface area contributed by atoms with Crippen molar-refractivity contribution in [1.82, 2.24) is 10.2 Å². The number of piperazine rings is 1. The summed E-state index contributed by atoms with van der Waals surface area (Å²) in [6.07, 6.45) is 0.818. The summed E-state index contributed by atoms with van der Waals surface area (Å²) in [5, 5.41) is 3.31. The minimum atomic E-state index is -0.306. The Bertz CT molecular complexity index is 1490. The average Bonchev–Trinajstić information content (AvgIpc) is 2.99. The van der Waals surface area contributed by atoms with Crippen LogP contribution in [0.25, 0.3) is 22.3 Å². The Morgan fingerprint density at radius 2 is 1.64 bits per heavy atom. The quantitative estimate of drug-likeness (QED) is 0.323. The topological polar surface area (TPSA) is 84.2 Å². The highest BCUT2D eigenvalue weighted by molar-refractivity contribution is 6.05. The summed E-state index contributed by atoms with van der Waals surface area (Å²) in [6, 6.07) is 22.4. The van der Waals surface area contributed by atoms with Gasteiger partial charge in [0.15, 0.2) is 11.3 Å². The lowest BCUT2D eigenvalue weighted by atomic mass is 10.1. The van der Waals surface area contributed by atoms with Crippen molar-refractivity contribution in [2.45, 2.75) is 6.42 Å². The molecule has 5 rings (SSSR count). The van der Waals surface area contributed by atoms with Crippen molar-refractivity contribution in [1.29, 1.82) is 0 Å².